The molecule has 1 fully saturated rings. The van der Waals surface area contributed by atoms with Gasteiger partial charge < -0.3 is 5.32 Å². The van der Waals surface area contributed by atoms with Gasteiger partial charge in [-0.1, -0.05) is 30.0 Å². The fourth-order valence-electron chi connectivity index (χ4n) is 3.30. The highest BCUT2D eigenvalue weighted by molar-refractivity contribution is 7.99. The predicted octanol–water partition coefficient (Wildman–Crippen LogP) is 3.97. The summed E-state index contributed by atoms with van der Waals surface area (Å²) in [7, 11) is 0. The van der Waals surface area contributed by atoms with Gasteiger partial charge in [0, 0.05) is 11.3 Å². The number of hydrogen-bond acceptors (Lipinski definition) is 5. The van der Waals surface area contributed by atoms with Gasteiger partial charge in [0.1, 0.15) is 11.4 Å². The normalized spacial score (nSPS) is 15.2. The predicted molar refractivity (Wildman–Crippen MR) is 112 cm³/mol. The third kappa shape index (κ3) is 4.21. The number of rotatable bonds is 7. The molecule has 2 aromatic carbocycles. The molecule has 1 saturated carbocycles. The Labute approximate surface area is 178 Å². The van der Waals surface area contributed by atoms with Crippen LogP contribution in [0.2, 0.25) is 0 Å². The van der Waals surface area contributed by atoms with E-state index in [1.807, 2.05) is 34.9 Å². The molecule has 1 aliphatic rings. The minimum absolute atomic E-state index is 0.109. The maximum absolute atomic E-state index is 13.4. The first-order valence-corrected chi connectivity index (χ1v) is 10.6. The Hall–Kier alpha value is -3.18. The number of nitrogens with one attached hydrogen (secondary N) is 1. The van der Waals surface area contributed by atoms with Crippen molar-refractivity contribution in [3.05, 3.63) is 60.4 Å². The number of carbonyl (C=O) groups excluding carboxylic acids is 1. The molecule has 4 rings (SSSR count). The molecular weight excluding hydrogens is 401 g/mol. The van der Waals surface area contributed by atoms with Crippen LogP contribution in [0.15, 0.2) is 59.8 Å². The van der Waals surface area contributed by atoms with E-state index in [2.05, 4.69) is 21.6 Å². The lowest BCUT2D eigenvalue weighted by Gasteiger charge is -2.22. The number of carbonyl (C=O) groups is 1. The second-order valence-corrected chi connectivity index (χ2v) is 8.35. The van der Waals surface area contributed by atoms with Crippen LogP contribution in [0, 0.1) is 23.1 Å². The van der Waals surface area contributed by atoms with E-state index < -0.39 is 5.54 Å². The molecule has 152 valence electrons. The minimum atomic E-state index is -0.829. The summed E-state index contributed by atoms with van der Waals surface area (Å²) >= 11 is 1.25. The highest BCUT2D eigenvalue weighted by Gasteiger charge is 2.43. The van der Waals surface area contributed by atoms with Crippen molar-refractivity contribution in [1.82, 2.24) is 20.1 Å². The van der Waals surface area contributed by atoms with Gasteiger partial charge in [-0.3, -0.25) is 9.36 Å². The summed E-state index contributed by atoms with van der Waals surface area (Å²) in [5.74, 6) is 0.339. The maximum Gasteiger partial charge on any atom is 0.231 e. The Balaban J connectivity index is 1.58. The molecule has 6 nitrogen and oxygen atoms in total. The average molecular weight is 422 g/mol. The fourth-order valence-corrected chi connectivity index (χ4v) is 4.05. The lowest BCUT2D eigenvalue weighted by molar-refractivity contribution is -0.119. The average Bonchev–Trinajstić information content (AvgIpc) is 3.54. The minimum Gasteiger partial charge on any atom is -0.337 e. The van der Waals surface area contributed by atoms with Crippen LogP contribution in [0.25, 0.3) is 17.1 Å². The topological polar surface area (TPSA) is 83.6 Å². The van der Waals surface area contributed by atoms with Crippen molar-refractivity contribution in [3.63, 3.8) is 0 Å². The van der Waals surface area contributed by atoms with E-state index in [-0.39, 0.29) is 23.4 Å². The third-order valence-corrected chi connectivity index (χ3v) is 6.04. The van der Waals surface area contributed by atoms with E-state index in [0.717, 1.165) is 24.1 Å². The van der Waals surface area contributed by atoms with Gasteiger partial charge in [0.15, 0.2) is 11.0 Å². The summed E-state index contributed by atoms with van der Waals surface area (Å²) in [6, 6.07) is 17.8. The number of amides is 1. The molecule has 0 aliphatic heterocycles. The molecule has 1 atom stereocenters. The van der Waals surface area contributed by atoms with Crippen LogP contribution in [0.3, 0.4) is 0 Å². The second kappa shape index (κ2) is 8.28. The monoisotopic (exact) mass is 421 g/mol. The zero-order valence-corrected chi connectivity index (χ0v) is 17.2. The van der Waals surface area contributed by atoms with Gasteiger partial charge in [-0.15, -0.1) is 10.2 Å². The molecule has 1 aliphatic carbocycles. The van der Waals surface area contributed by atoms with Gasteiger partial charge in [-0.2, -0.15) is 5.26 Å². The van der Waals surface area contributed by atoms with Crippen molar-refractivity contribution >= 4 is 17.7 Å². The highest BCUT2D eigenvalue weighted by atomic mass is 32.2. The number of halogens is 1. The summed E-state index contributed by atoms with van der Waals surface area (Å²) in [4.78, 5) is 12.5. The number of benzene rings is 2. The largest absolute Gasteiger partial charge is 0.337 e. The highest BCUT2D eigenvalue weighted by Crippen LogP contribution is 2.39. The molecule has 1 amide bonds. The smallest absolute Gasteiger partial charge is 0.231 e. The van der Waals surface area contributed by atoms with E-state index in [0.29, 0.717) is 11.0 Å². The van der Waals surface area contributed by atoms with Crippen LogP contribution in [0.4, 0.5) is 4.39 Å². The lowest BCUT2D eigenvalue weighted by Crippen LogP contribution is -2.47. The van der Waals surface area contributed by atoms with Crippen LogP contribution in [-0.2, 0) is 4.79 Å². The molecule has 1 N–H and O–H groups in total. The van der Waals surface area contributed by atoms with Gasteiger partial charge in [-0.25, -0.2) is 4.39 Å². The number of thioether (sulfide) groups is 1. The summed E-state index contributed by atoms with van der Waals surface area (Å²) < 4.78 is 15.2. The van der Waals surface area contributed by atoms with Crippen molar-refractivity contribution < 1.29 is 9.18 Å². The van der Waals surface area contributed by atoms with Crippen molar-refractivity contribution in [3.8, 4) is 23.1 Å². The summed E-state index contributed by atoms with van der Waals surface area (Å²) in [6.45, 7) is 1.77. The molecule has 3 aromatic rings. The Bertz CT molecular complexity index is 1090. The first kappa shape index (κ1) is 20.1. The molecule has 1 heterocycles. The summed E-state index contributed by atoms with van der Waals surface area (Å²) in [5, 5.41) is 21.4. The Morgan fingerprint density at radius 3 is 2.57 bits per heavy atom. The van der Waals surface area contributed by atoms with Crippen molar-refractivity contribution in [1.29, 1.82) is 5.26 Å². The van der Waals surface area contributed by atoms with Crippen LogP contribution in [0.5, 0.6) is 0 Å². The fraction of sp³-hybridized carbons (Fsp3) is 0.273. The first-order valence-electron chi connectivity index (χ1n) is 9.62. The molecule has 30 heavy (non-hydrogen) atoms. The van der Waals surface area contributed by atoms with E-state index in [4.69, 9.17) is 0 Å². The van der Waals surface area contributed by atoms with Gasteiger partial charge in [-0.05, 0) is 62.1 Å². The molecular formula is C22H20FN5OS. The quantitative estimate of drug-likeness (QED) is 0.584. The van der Waals surface area contributed by atoms with Gasteiger partial charge in [0.25, 0.3) is 0 Å². The Morgan fingerprint density at radius 1 is 1.23 bits per heavy atom. The van der Waals surface area contributed by atoms with Crippen LogP contribution < -0.4 is 5.32 Å². The van der Waals surface area contributed by atoms with Crippen molar-refractivity contribution in [2.24, 2.45) is 5.92 Å². The van der Waals surface area contributed by atoms with Crippen LogP contribution in [0.1, 0.15) is 19.8 Å². The zero-order chi connectivity index (χ0) is 21.1. The van der Waals surface area contributed by atoms with Crippen LogP contribution in [-0.4, -0.2) is 32.0 Å². The summed E-state index contributed by atoms with van der Waals surface area (Å²) in [5.41, 5.74) is 0.726. The SMILES string of the molecule is CC(C#N)(NC(=O)CSc1nnc(-c2ccc(F)cc2)n1-c1ccccc1)C1CC1. The van der Waals surface area contributed by atoms with Gasteiger partial charge in [0.2, 0.25) is 5.91 Å². The number of nitriles is 1. The van der Waals surface area contributed by atoms with Crippen LogP contribution >= 0.6 is 11.8 Å². The third-order valence-electron chi connectivity index (χ3n) is 5.11. The van der Waals surface area contributed by atoms with E-state index in [9.17, 15) is 14.4 Å². The second-order valence-electron chi connectivity index (χ2n) is 7.41. The van der Waals surface area contributed by atoms with Gasteiger partial charge in [0.05, 0.1) is 11.8 Å². The standard InChI is InChI=1S/C22H20FN5OS/c1-22(14-24,16-9-10-16)25-19(29)13-30-21-27-26-20(15-7-11-17(23)12-8-15)28(21)18-5-3-2-4-6-18/h2-8,11-12,16H,9-10,13H2,1H3,(H,25,29). The number of para-hydroxylation sites is 1. The number of aromatic nitrogens is 3. The number of hydrogen-bond donors (Lipinski definition) is 1. The molecule has 0 saturated heterocycles. The summed E-state index contributed by atoms with van der Waals surface area (Å²) in [6.07, 6.45) is 1.92. The lowest BCUT2D eigenvalue weighted by atomic mass is 9.98. The molecule has 0 bridgehead atoms. The molecule has 0 radical (unpaired) electrons. The molecule has 8 heteroatoms. The molecule has 1 aromatic heterocycles. The van der Waals surface area contributed by atoms with Crippen molar-refractivity contribution in [2.45, 2.75) is 30.5 Å². The van der Waals surface area contributed by atoms with E-state index in [1.54, 1.807) is 19.1 Å². The van der Waals surface area contributed by atoms with Crippen molar-refractivity contribution in [2.75, 3.05) is 5.75 Å². The molecule has 0 spiro atoms. The molecule has 1 unspecified atom stereocenters. The van der Waals surface area contributed by atoms with Gasteiger partial charge >= 0.3 is 0 Å². The van der Waals surface area contributed by atoms with E-state index in [1.165, 1.54) is 23.9 Å². The zero-order valence-electron chi connectivity index (χ0n) is 16.4. The maximum atomic E-state index is 13.4. The number of nitrogens with zero attached hydrogens (tertiary/aromatic N) is 4. The first-order chi connectivity index (χ1) is 14.5. The van der Waals surface area contributed by atoms with E-state index >= 15 is 0 Å². The Kier molecular flexibility index (Phi) is 5.55. The Morgan fingerprint density at radius 2 is 1.93 bits per heavy atom.